The number of unbranched alkanes of at least 4 members (excludes halogenated alkanes) is 2. The van der Waals surface area contributed by atoms with Gasteiger partial charge in [-0.3, -0.25) is 14.2 Å². The van der Waals surface area contributed by atoms with Crippen molar-refractivity contribution in [2.45, 2.75) is 70.4 Å². The summed E-state index contributed by atoms with van der Waals surface area (Å²) in [5.41, 5.74) is 0.665. The van der Waals surface area contributed by atoms with Gasteiger partial charge in [0.25, 0.3) is 5.56 Å². The van der Waals surface area contributed by atoms with Crippen LogP contribution in [0.2, 0.25) is 0 Å². The molecule has 1 aliphatic rings. The van der Waals surface area contributed by atoms with Gasteiger partial charge in [-0.2, -0.15) is 0 Å². The monoisotopic (exact) mass is 436 g/mol. The first-order chi connectivity index (χ1) is 13.9. The summed E-state index contributed by atoms with van der Waals surface area (Å²) in [6.07, 6.45) is 5.35. The molecular weight excluding hydrogens is 408 g/mol. The lowest BCUT2D eigenvalue weighted by molar-refractivity contribution is -0.140. The van der Waals surface area contributed by atoms with Crippen LogP contribution >= 0.6 is 23.1 Å². The molecule has 0 radical (unpaired) electrons. The molecule has 29 heavy (non-hydrogen) atoms. The molecule has 3 heterocycles. The Bertz CT molecular complexity index is 962. The number of carbonyl (C=O) groups is 1. The highest BCUT2D eigenvalue weighted by molar-refractivity contribution is 7.99. The Kier molecular flexibility index (Phi) is 7.19. The van der Waals surface area contributed by atoms with Crippen LogP contribution in [0.4, 0.5) is 0 Å². The lowest BCUT2D eigenvalue weighted by atomic mass is 9.94. The van der Waals surface area contributed by atoms with Gasteiger partial charge in [-0.1, -0.05) is 37.6 Å². The van der Waals surface area contributed by atoms with Crippen molar-refractivity contribution in [1.29, 1.82) is 0 Å². The largest absolute Gasteiger partial charge is 0.465 e. The Morgan fingerprint density at radius 3 is 2.97 bits per heavy atom. The van der Waals surface area contributed by atoms with Crippen LogP contribution in [0.25, 0.3) is 10.2 Å². The Morgan fingerprint density at radius 1 is 1.45 bits per heavy atom. The van der Waals surface area contributed by atoms with Crippen molar-refractivity contribution in [3.8, 4) is 0 Å². The summed E-state index contributed by atoms with van der Waals surface area (Å²) in [7, 11) is 0. The van der Waals surface area contributed by atoms with Crippen LogP contribution in [-0.4, -0.2) is 33.5 Å². The quantitative estimate of drug-likeness (QED) is 0.192. The first-order valence-electron chi connectivity index (χ1n) is 9.94. The van der Waals surface area contributed by atoms with E-state index in [0.717, 1.165) is 29.7 Å². The number of hydrogen-bond donors (Lipinski definition) is 0. The predicted octanol–water partition coefficient (Wildman–Crippen LogP) is 4.32. The average Bonchev–Trinajstić information content (AvgIpc) is 3.02. The smallest absolute Gasteiger partial charge is 0.316 e. The average molecular weight is 437 g/mol. The zero-order valence-electron chi connectivity index (χ0n) is 17.3. The third-order valence-corrected chi connectivity index (χ3v) is 6.85. The number of carbonyl (C=O) groups excluding carboxylic acids is 1. The molecule has 8 heteroatoms. The van der Waals surface area contributed by atoms with E-state index in [2.05, 4.69) is 13.5 Å². The summed E-state index contributed by atoms with van der Waals surface area (Å²) in [6.45, 7) is 11.2. The van der Waals surface area contributed by atoms with Gasteiger partial charge in [-0.25, -0.2) is 4.98 Å². The topological polar surface area (TPSA) is 70.4 Å². The highest BCUT2D eigenvalue weighted by Gasteiger charge is 2.31. The first-order valence-corrected chi connectivity index (χ1v) is 11.7. The second-order valence-electron chi connectivity index (χ2n) is 7.72. The standard InChI is InChI=1S/C21H28N2O4S2/c1-5-7-8-10-26-16(24)13-28-20-22-18-17(19(25)23(20)9-6-2)14-11-21(3,4)27-12-15(14)29-18/h6H,2,5,7-13H2,1,3-4H3. The number of ether oxygens (including phenoxy) is 2. The van der Waals surface area contributed by atoms with Crippen molar-refractivity contribution < 1.29 is 14.3 Å². The fourth-order valence-corrected chi connectivity index (χ4v) is 5.26. The van der Waals surface area contributed by atoms with Gasteiger partial charge in [0, 0.05) is 17.8 Å². The van der Waals surface area contributed by atoms with Gasteiger partial charge in [0.2, 0.25) is 0 Å². The number of thiophene rings is 1. The molecule has 0 spiro atoms. The number of aromatic nitrogens is 2. The van der Waals surface area contributed by atoms with Crippen molar-refractivity contribution in [1.82, 2.24) is 9.55 Å². The Labute approximate surface area is 179 Å². The van der Waals surface area contributed by atoms with Crippen LogP contribution in [0.3, 0.4) is 0 Å². The minimum Gasteiger partial charge on any atom is -0.465 e. The van der Waals surface area contributed by atoms with E-state index in [4.69, 9.17) is 14.5 Å². The van der Waals surface area contributed by atoms with E-state index in [1.165, 1.54) is 23.1 Å². The Balaban J connectivity index is 1.86. The summed E-state index contributed by atoms with van der Waals surface area (Å²) >= 11 is 2.74. The maximum Gasteiger partial charge on any atom is 0.316 e. The predicted molar refractivity (Wildman–Crippen MR) is 118 cm³/mol. The van der Waals surface area contributed by atoms with Gasteiger partial charge in [-0.15, -0.1) is 17.9 Å². The van der Waals surface area contributed by atoms with E-state index in [0.29, 0.717) is 41.6 Å². The number of allylic oxidation sites excluding steroid dienone is 1. The molecule has 6 nitrogen and oxygen atoms in total. The van der Waals surface area contributed by atoms with Crippen LogP contribution in [0.15, 0.2) is 22.6 Å². The molecular formula is C21H28N2O4S2. The van der Waals surface area contributed by atoms with E-state index >= 15 is 0 Å². The summed E-state index contributed by atoms with van der Waals surface area (Å²) in [4.78, 5) is 31.8. The number of hydrogen-bond acceptors (Lipinski definition) is 7. The summed E-state index contributed by atoms with van der Waals surface area (Å²) < 4.78 is 12.8. The first kappa shape index (κ1) is 22.1. The minimum atomic E-state index is -0.300. The lowest BCUT2D eigenvalue weighted by Gasteiger charge is -2.29. The zero-order chi connectivity index (χ0) is 21.0. The second kappa shape index (κ2) is 9.45. The van der Waals surface area contributed by atoms with E-state index in [1.54, 1.807) is 10.6 Å². The Morgan fingerprint density at radius 2 is 2.24 bits per heavy atom. The van der Waals surface area contributed by atoms with Gasteiger partial charge in [0.15, 0.2) is 5.16 Å². The number of thioether (sulfide) groups is 1. The molecule has 0 unspecified atom stereocenters. The lowest BCUT2D eigenvalue weighted by Crippen LogP contribution is -2.32. The number of esters is 1. The minimum absolute atomic E-state index is 0.0797. The fraction of sp³-hybridized carbons (Fsp3) is 0.571. The molecule has 1 aliphatic heterocycles. The van der Waals surface area contributed by atoms with Crippen LogP contribution in [0.5, 0.6) is 0 Å². The van der Waals surface area contributed by atoms with Crippen molar-refractivity contribution in [3.63, 3.8) is 0 Å². The highest BCUT2D eigenvalue weighted by atomic mass is 32.2. The molecule has 158 valence electrons. The van der Waals surface area contributed by atoms with Gasteiger partial charge in [-0.05, 0) is 25.8 Å². The SMILES string of the molecule is C=CCn1c(SCC(=O)OCCCCC)nc2sc3c(c2c1=O)CC(C)(C)OC3. The molecule has 3 rings (SSSR count). The van der Waals surface area contributed by atoms with Gasteiger partial charge >= 0.3 is 5.97 Å². The van der Waals surface area contributed by atoms with Gasteiger partial charge in [0.05, 0.1) is 30.0 Å². The number of fused-ring (bicyclic) bond motifs is 3. The van der Waals surface area contributed by atoms with Crippen molar-refractivity contribution in [3.05, 3.63) is 33.4 Å². The van der Waals surface area contributed by atoms with E-state index in [9.17, 15) is 9.59 Å². The van der Waals surface area contributed by atoms with Gasteiger partial charge in [0.1, 0.15) is 4.83 Å². The van der Waals surface area contributed by atoms with Gasteiger partial charge < -0.3 is 9.47 Å². The molecule has 2 aromatic heterocycles. The zero-order valence-corrected chi connectivity index (χ0v) is 18.9. The van der Waals surface area contributed by atoms with E-state index in [-0.39, 0.29) is 22.9 Å². The van der Waals surface area contributed by atoms with Crippen LogP contribution in [0.1, 0.15) is 50.5 Å². The van der Waals surface area contributed by atoms with Crippen LogP contribution in [0, 0.1) is 0 Å². The Hall–Kier alpha value is -1.64. The molecule has 0 atom stereocenters. The number of nitrogens with zero attached hydrogens (tertiary/aromatic N) is 2. The molecule has 0 saturated heterocycles. The van der Waals surface area contributed by atoms with Crippen molar-refractivity contribution >= 4 is 39.3 Å². The summed E-state index contributed by atoms with van der Waals surface area (Å²) in [5.74, 6) is -0.158. The van der Waals surface area contributed by atoms with Crippen LogP contribution in [-0.2, 0) is 33.8 Å². The third-order valence-electron chi connectivity index (χ3n) is 4.80. The molecule has 0 fully saturated rings. The highest BCUT2D eigenvalue weighted by Crippen LogP contribution is 2.37. The van der Waals surface area contributed by atoms with Crippen molar-refractivity contribution in [2.75, 3.05) is 12.4 Å². The molecule has 0 aliphatic carbocycles. The summed E-state index contributed by atoms with van der Waals surface area (Å²) in [5, 5.41) is 1.20. The normalized spacial score (nSPS) is 15.3. The molecule has 0 saturated carbocycles. The van der Waals surface area contributed by atoms with Crippen LogP contribution < -0.4 is 5.56 Å². The maximum absolute atomic E-state index is 13.3. The molecule has 0 N–H and O–H groups in total. The van der Waals surface area contributed by atoms with E-state index < -0.39 is 0 Å². The fourth-order valence-electron chi connectivity index (χ4n) is 3.31. The second-order valence-corrected chi connectivity index (χ2v) is 9.75. The number of rotatable bonds is 9. The maximum atomic E-state index is 13.3. The molecule has 0 amide bonds. The molecule has 0 bridgehead atoms. The summed E-state index contributed by atoms with van der Waals surface area (Å²) in [6, 6.07) is 0. The van der Waals surface area contributed by atoms with E-state index in [1.807, 2.05) is 13.8 Å². The molecule has 0 aromatic carbocycles. The molecule has 2 aromatic rings. The third kappa shape index (κ3) is 5.10. The van der Waals surface area contributed by atoms with Crippen molar-refractivity contribution in [2.24, 2.45) is 0 Å².